The van der Waals surface area contributed by atoms with Crippen LogP contribution in [-0.2, 0) is 4.74 Å². The van der Waals surface area contributed by atoms with Crippen LogP contribution in [-0.4, -0.2) is 19.8 Å². The molecule has 5 heteroatoms. The lowest BCUT2D eigenvalue weighted by atomic mass is 10.2. The van der Waals surface area contributed by atoms with Crippen molar-refractivity contribution in [2.24, 2.45) is 0 Å². The van der Waals surface area contributed by atoms with Gasteiger partial charge in [-0.15, -0.1) is 0 Å². The van der Waals surface area contributed by atoms with E-state index in [0.717, 1.165) is 18.6 Å². The standard InChI is InChI=1S/C12H13F2NO2/c1-2-3-16-4-5-17-12-10(13)6-9(8-15)7-11(12)14/h6-7H,2-5H2,1H3. The van der Waals surface area contributed by atoms with Crippen LogP contribution in [0.15, 0.2) is 12.1 Å². The van der Waals surface area contributed by atoms with Crippen LogP contribution in [0.25, 0.3) is 0 Å². The van der Waals surface area contributed by atoms with Crippen LogP contribution in [0.2, 0.25) is 0 Å². The van der Waals surface area contributed by atoms with Crippen molar-refractivity contribution in [3.05, 3.63) is 29.3 Å². The third-order valence-electron chi connectivity index (χ3n) is 1.95. The smallest absolute Gasteiger partial charge is 0.190 e. The van der Waals surface area contributed by atoms with Crippen molar-refractivity contribution in [1.82, 2.24) is 0 Å². The van der Waals surface area contributed by atoms with Crippen molar-refractivity contribution in [1.29, 1.82) is 5.26 Å². The van der Waals surface area contributed by atoms with Crippen LogP contribution in [0, 0.1) is 23.0 Å². The van der Waals surface area contributed by atoms with Gasteiger partial charge in [0.2, 0.25) is 0 Å². The van der Waals surface area contributed by atoms with Gasteiger partial charge in [-0.1, -0.05) is 6.92 Å². The molecule has 0 aliphatic rings. The predicted octanol–water partition coefficient (Wildman–Crippen LogP) is 2.64. The molecule has 1 aromatic rings. The van der Waals surface area contributed by atoms with E-state index >= 15 is 0 Å². The summed E-state index contributed by atoms with van der Waals surface area (Å²) in [5.74, 6) is -2.22. The normalized spacial score (nSPS) is 10.0. The van der Waals surface area contributed by atoms with E-state index in [2.05, 4.69) is 0 Å². The average Bonchev–Trinajstić information content (AvgIpc) is 2.31. The van der Waals surface area contributed by atoms with Gasteiger partial charge in [0.25, 0.3) is 0 Å². The lowest BCUT2D eigenvalue weighted by Gasteiger charge is -2.08. The van der Waals surface area contributed by atoms with Gasteiger partial charge in [-0.25, -0.2) is 8.78 Å². The summed E-state index contributed by atoms with van der Waals surface area (Å²) in [6.07, 6.45) is 0.875. The summed E-state index contributed by atoms with van der Waals surface area (Å²) in [5, 5.41) is 8.51. The highest BCUT2D eigenvalue weighted by Gasteiger charge is 2.12. The number of rotatable bonds is 6. The molecule has 1 rings (SSSR count). The van der Waals surface area contributed by atoms with Crippen molar-refractivity contribution in [2.45, 2.75) is 13.3 Å². The Morgan fingerprint density at radius 1 is 1.18 bits per heavy atom. The molecule has 0 atom stereocenters. The van der Waals surface area contributed by atoms with Crippen molar-refractivity contribution in [2.75, 3.05) is 19.8 Å². The molecule has 3 nitrogen and oxygen atoms in total. The Balaban J connectivity index is 2.57. The fourth-order valence-corrected chi connectivity index (χ4v) is 1.21. The molecule has 0 aliphatic heterocycles. The number of benzene rings is 1. The van der Waals surface area contributed by atoms with Crippen LogP contribution in [0.3, 0.4) is 0 Å². The molecule has 92 valence electrons. The minimum Gasteiger partial charge on any atom is -0.485 e. The first kappa shape index (κ1) is 13.4. The van der Waals surface area contributed by atoms with Gasteiger partial charge in [-0.2, -0.15) is 5.26 Å². The minimum atomic E-state index is -0.878. The largest absolute Gasteiger partial charge is 0.485 e. The second kappa shape index (κ2) is 6.81. The Kier molecular flexibility index (Phi) is 5.37. The number of hydrogen-bond donors (Lipinski definition) is 0. The van der Waals surface area contributed by atoms with Crippen molar-refractivity contribution in [3.63, 3.8) is 0 Å². The summed E-state index contributed by atoms with van der Waals surface area (Å²) in [7, 11) is 0. The van der Waals surface area contributed by atoms with Gasteiger partial charge in [0.15, 0.2) is 17.4 Å². The zero-order chi connectivity index (χ0) is 12.7. The Morgan fingerprint density at radius 3 is 2.35 bits per heavy atom. The monoisotopic (exact) mass is 241 g/mol. The lowest BCUT2D eigenvalue weighted by molar-refractivity contribution is 0.0975. The molecule has 0 saturated heterocycles. The fraction of sp³-hybridized carbons (Fsp3) is 0.417. The highest BCUT2D eigenvalue weighted by atomic mass is 19.1. The van der Waals surface area contributed by atoms with E-state index in [1.165, 1.54) is 0 Å². The molecular weight excluding hydrogens is 228 g/mol. The maximum absolute atomic E-state index is 13.3. The molecule has 0 unspecified atom stereocenters. The van der Waals surface area contributed by atoms with Crippen LogP contribution in [0.1, 0.15) is 18.9 Å². The van der Waals surface area contributed by atoms with Crippen molar-refractivity contribution < 1.29 is 18.3 Å². The maximum Gasteiger partial charge on any atom is 0.190 e. The zero-order valence-corrected chi connectivity index (χ0v) is 9.50. The molecule has 0 bridgehead atoms. The number of hydrogen-bond acceptors (Lipinski definition) is 3. The first-order valence-corrected chi connectivity index (χ1v) is 5.28. The fourth-order valence-electron chi connectivity index (χ4n) is 1.21. The molecule has 0 amide bonds. The van der Waals surface area contributed by atoms with Crippen molar-refractivity contribution >= 4 is 0 Å². The highest BCUT2D eigenvalue weighted by molar-refractivity contribution is 5.37. The Bertz CT molecular complexity index is 392. The third kappa shape index (κ3) is 4.00. The summed E-state index contributed by atoms with van der Waals surface area (Å²) in [6, 6.07) is 3.53. The van der Waals surface area contributed by atoms with Crippen LogP contribution >= 0.6 is 0 Å². The van der Waals surface area contributed by atoms with E-state index in [1.54, 1.807) is 6.07 Å². The number of nitriles is 1. The molecular formula is C12H13F2NO2. The summed E-state index contributed by atoms with van der Waals surface area (Å²) < 4.78 is 36.7. The summed E-state index contributed by atoms with van der Waals surface area (Å²) in [4.78, 5) is 0. The summed E-state index contributed by atoms with van der Waals surface area (Å²) >= 11 is 0. The van der Waals surface area contributed by atoms with Gasteiger partial charge in [0.05, 0.1) is 18.2 Å². The van der Waals surface area contributed by atoms with Gasteiger partial charge in [0.1, 0.15) is 6.61 Å². The average molecular weight is 241 g/mol. The van der Waals surface area contributed by atoms with Crippen molar-refractivity contribution in [3.8, 4) is 11.8 Å². The zero-order valence-electron chi connectivity index (χ0n) is 9.50. The molecule has 0 spiro atoms. The van der Waals surface area contributed by atoms with Gasteiger partial charge >= 0.3 is 0 Å². The predicted molar refractivity (Wildman–Crippen MR) is 57.7 cm³/mol. The van der Waals surface area contributed by atoms with Crippen LogP contribution < -0.4 is 4.74 Å². The number of ether oxygens (including phenoxy) is 2. The van der Waals surface area contributed by atoms with E-state index in [9.17, 15) is 8.78 Å². The van der Waals surface area contributed by atoms with E-state index in [0.29, 0.717) is 6.61 Å². The van der Waals surface area contributed by atoms with Gasteiger partial charge < -0.3 is 9.47 Å². The Labute approximate surface area is 98.6 Å². The molecule has 0 heterocycles. The molecule has 0 aromatic heterocycles. The van der Waals surface area contributed by atoms with Crippen LogP contribution in [0.5, 0.6) is 5.75 Å². The van der Waals surface area contributed by atoms with Gasteiger partial charge in [0, 0.05) is 6.61 Å². The first-order chi connectivity index (χ1) is 8.19. The van der Waals surface area contributed by atoms with Gasteiger partial charge in [-0.05, 0) is 18.6 Å². The second-order valence-electron chi connectivity index (χ2n) is 3.34. The van der Waals surface area contributed by atoms with Gasteiger partial charge in [-0.3, -0.25) is 0 Å². The maximum atomic E-state index is 13.3. The third-order valence-corrected chi connectivity index (χ3v) is 1.95. The molecule has 0 aliphatic carbocycles. The Morgan fingerprint density at radius 2 is 1.82 bits per heavy atom. The number of halogens is 2. The van der Waals surface area contributed by atoms with Crippen LogP contribution in [0.4, 0.5) is 8.78 Å². The van der Waals surface area contributed by atoms with E-state index in [-0.39, 0.29) is 18.8 Å². The minimum absolute atomic E-state index is 0.0692. The molecule has 0 fully saturated rings. The quantitative estimate of drug-likeness (QED) is 0.719. The molecule has 0 saturated carbocycles. The SMILES string of the molecule is CCCOCCOc1c(F)cc(C#N)cc1F. The molecule has 0 N–H and O–H groups in total. The molecule has 1 aromatic carbocycles. The second-order valence-corrected chi connectivity index (χ2v) is 3.34. The topological polar surface area (TPSA) is 42.2 Å². The molecule has 17 heavy (non-hydrogen) atoms. The summed E-state index contributed by atoms with van der Waals surface area (Å²) in [5.41, 5.74) is -0.0745. The first-order valence-electron chi connectivity index (χ1n) is 5.28. The highest BCUT2D eigenvalue weighted by Crippen LogP contribution is 2.22. The summed E-state index contributed by atoms with van der Waals surface area (Å²) in [6.45, 7) is 2.88. The van der Waals surface area contributed by atoms with E-state index in [4.69, 9.17) is 14.7 Å². The Hall–Kier alpha value is -1.67. The van der Waals surface area contributed by atoms with E-state index in [1.807, 2.05) is 6.92 Å². The lowest BCUT2D eigenvalue weighted by Crippen LogP contribution is -2.09. The number of nitrogens with zero attached hydrogens (tertiary/aromatic N) is 1. The van der Waals surface area contributed by atoms with E-state index < -0.39 is 17.4 Å². The molecule has 0 radical (unpaired) electrons.